The van der Waals surface area contributed by atoms with E-state index < -0.39 is 33.5 Å². The lowest BCUT2D eigenvalue weighted by atomic mass is 9.43. The number of fused-ring (bicyclic) bond motifs is 7. The van der Waals surface area contributed by atoms with E-state index in [1.807, 2.05) is 6.92 Å². The molecule has 1 spiro atoms. The first-order chi connectivity index (χ1) is 25.0. The van der Waals surface area contributed by atoms with E-state index in [0.717, 1.165) is 77.0 Å². The van der Waals surface area contributed by atoms with E-state index in [4.69, 9.17) is 28.5 Å². The lowest BCUT2D eigenvalue weighted by Crippen LogP contribution is -2.70. The number of carbonyl (C=O) groups is 1. The summed E-state index contributed by atoms with van der Waals surface area (Å²) in [4.78, 5) is 24.9. The Balaban J connectivity index is 0.903. The molecule has 4 heterocycles. The van der Waals surface area contributed by atoms with Crippen molar-refractivity contribution in [3.8, 4) is 0 Å². The third-order valence-corrected chi connectivity index (χ3v) is 18.0. The fourth-order valence-corrected chi connectivity index (χ4v) is 14.8. The maximum atomic E-state index is 12.5. The smallest absolute Gasteiger partial charge is 0.266 e. The van der Waals surface area contributed by atoms with Crippen molar-refractivity contribution >= 4 is 16.0 Å². The van der Waals surface area contributed by atoms with Crippen LogP contribution in [0, 0.1) is 70.0 Å². The number of hydrogen-bond donors (Lipinski definition) is 3. The molecular weight excluding hydrogens is 699 g/mol. The van der Waals surface area contributed by atoms with Crippen LogP contribution < -0.4 is 5.32 Å². The molecule has 302 valence electrons. The molecule has 4 saturated heterocycles. The van der Waals surface area contributed by atoms with Gasteiger partial charge in [0.2, 0.25) is 11.7 Å². The van der Waals surface area contributed by atoms with Gasteiger partial charge in [-0.3, -0.25) is 9.35 Å². The Morgan fingerprint density at radius 1 is 0.906 bits per heavy atom. The molecule has 5 saturated carbocycles. The summed E-state index contributed by atoms with van der Waals surface area (Å²) < 4.78 is 51.4. The van der Waals surface area contributed by atoms with E-state index in [9.17, 15) is 18.3 Å². The zero-order valence-corrected chi connectivity index (χ0v) is 33.8. The maximum absolute atomic E-state index is 12.5. The first kappa shape index (κ1) is 39.0. The number of amides is 1. The molecule has 53 heavy (non-hydrogen) atoms. The molecular formula is C41H67NO10S. The van der Waals surface area contributed by atoms with Crippen molar-refractivity contribution in [3.63, 3.8) is 0 Å². The normalized spacial score (nSPS) is 52.3. The predicted molar refractivity (Wildman–Crippen MR) is 196 cm³/mol. The second-order valence-electron chi connectivity index (χ2n) is 20.0. The summed E-state index contributed by atoms with van der Waals surface area (Å²) in [5.74, 6) is 2.35. The van der Waals surface area contributed by atoms with Gasteiger partial charge in [0.15, 0.2) is 18.2 Å². The largest absolute Gasteiger partial charge is 0.393 e. The molecule has 9 rings (SSSR count). The van der Waals surface area contributed by atoms with Crippen molar-refractivity contribution in [2.75, 3.05) is 12.3 Å². The molecule has 1 amide bonds. The molecule has 11 nitrogen and oxygen atoms in total. The Hall–Kier alpha value is -0.860. The molecule has 0 aromatic rings. The Bertz CT molecular complexity index is 1500. The fraction of sp³-hybridized carbons (Fsp3) is 0.976. The fourth-order valence-electron chi connectivity index (χ4n) is 14.5. The van der Waals surface area contributed by atoms with Gasteiger partial charge in [0, 0.05) is 31.2 Å². The minimum Gasteiger partial charge on any atom is -0.393 e. The van der Waals surface area contributed by atoms with Crippen molar-refractivity contribution in [2.24, 2.45) is 70.0 Å². The first-order valence-electron chi connectivity index (χ1n) is 21.2. The quantitative estimate of drug-likeness (QED) is 0.133. The Morgan fingerprint density at radius 2 is 1.62 bits per heavy atom. The van der Waals surface area contributed by atoms with Crippen LogP contribution in [0.5, 0.6) is 0 Å². The zero-order valence-electron chi connectivity index (χ0n) is 33.0. The molecule has 0 radical (unpaired) electrons. The number of rotatable bonds is 9. The topological polar surface area (TPSA) is 150 Å². The average molecular weight is 766 g/mol. The highest BCUT2D eigenvalue weighted by molar-refractivity contribution is 7.85. The molecule has 2 bridgehead atoms. The SMILES string of the molecule is C[C@H]1C(O[C@@H]2CC[C@@]3(C)C(CC(O)C4C3CC[C@@]3(C)C4CC[C@@H]3[C@H](C)CCC(=O)NCCS(=O)(=O)O)C2)OC2O[C@]3(C)CCC4[C@H](C)CCC1[C@@]24OO3. The van der Waals surface area contributed by atoms with Crippen LogP contribution in [-0.4, -0.2) is 72.5 Å². The lowest BCUT2D eigenvalue weighted by Gasteiger charge is -2.63. The minimum atomic E-state index is -4.09. The van der Waals surface area contributed by atoms with Crippen LogP contribution >= 0.6 is 0 Å². The highest BCUT2D eigenvalue weighted by atomic mass is 32.2. The molecule has 0 aromatic heterocycles. The van der Waals surface area contributed by atoms with E-state index in [1.165, 1.54) is 6.42 Å². The second-order valence-corrected chi connectivity index (χ2v) is 21.6. The predicted octanol–water partition coefficient (Wildman–Crippen LogP) is 6.63. The van der Waals surface area contributed by atoms with E-state index in [2.05, 4.69) is 39.9 Å². The maximum Gasteiger partial charge on any atom is 0.266 e. The van der Waals surface area contributed by atoms with Crippen molar-refractivity contribution in [1.82, 2.24) is 5.32 Å². The summed E-state index contributed by atoms with van der Waals surface area (Å²) in [7, 11) is -4.09. The van der Waals surface area contributed by atoms with E-state index >= 15 is 0 Å². The number of aliphatic hydroxyl groups excluding tert-OH is 1. The van der Waals surface area contributed by atoms with Gasteiger partial charge in [-0.1, -0.05) is 34.6 Å². The summed E-state index contributed by atoms with van der Waals surface area (Å²) in [5.41, 5.74) is -0.274. The Kier molecular flexibility index (Phi) is 10.2. The van der Waals surface area contributed by atoms with Gasteiger partial charge in [0.25, 0.3) is 10.1 Å². The van der Waals surface area contributed by atoms with Crippen LogP contribution in [-0.2, 0) is 38.9 Å². The van der Waals surface area contributed by atoms with Crippen LogP contribution in [0.4, 0.5) is 0 Å². The van der Waals surface area contributed by atoms with Crippen LogP contribution in [0.15, 0.2) is 0 Å². The molecule has 3 N–H and O–H groups in total. The summed E-state index contributed by atoms with van der Waals surface area (Å²) in [6.07, 6.45) is 12.5. The van der Waals surface area contributed by atoms with Gasteiger partial charge >= 0.3 is 0 Å². The Labute approximate surface area is 317 Å². The average Bonchev–Trinajstić information content (AvgIpc) is 3.29. The van der Waals surface area contributed by atoms with Crippen LogP contribution in [0.1, 0.15) is 131 Å². The molecule has 0 aromatic carbocycles. The number of ether oxygens (including phenoxy) is 3. The van der Waals surface area contributed by atoms with Crippen LogP contribution in [0.2, 0.25) is 0 Å². The van der Waals surface area contributed by atoms with Crippen molar-refractivity contribution in [3.05, 3.63) is 0 Å². The highest BCUT2D eigenvalue weighted by Crippen LogP contribution is 2.69. The third kappa shape index (κ3) is 6.57. The molecule has 9 aliphatic rings. The highest BCUT2D eigenvalue weighted by Gasteiger charge is 2.70. The molecule has 9 fully saturated rings. The molecule has 5 aliphatic carbocycles. The van der Waals surface area contributed by atoms with Crippen LogP contribution in [0.3, 0.4) is 0 Å². The zero-order chi connectivity index (χ0) is 37.7. The van der Waals surface area contributed by atoms with E-state index in [-0.39, 0.29) is 53.6 Å². The summed E-state index contributed by atoms with van der Waals surface area (Å²) in [6.45, 7) is 13.8. The number of aliphatic hydroxyl groups is 1. The van der Waals surface area contributed by atoms with E-state index in [1.54, 1.807) is 0 Å². The van der Waals surface area contributed by atoms with Gasteiger partial charge in [-0.2, -0.15) is 8.42 Å². The van der Waals surface area contributed by atoms with Gasteiger partial charge in [-0.05, 0) is 142 Å². The third-order valence-electron chi connectivity index (χ3n) is 17.3. The van der Waals surface area contributed by atoms with Crippen LogP contribution in [0.25, 0.3) is 0 Å². The minimum absolute atomic E-state index is 0.0720. The Morgan fingerprint density at radius 3 is 2.40 bits per heavy atom. The van der Waals surface area contributed by atoms with Gasteiger partial charge in [-0.25, -0.2) is 9.78 Å². The number of nitrogens with one attached hydrogen (secondary N) is 1. The molecule has 9 unspecified atom stereocenters. The van der Waals surface area contributed by atoms with Gasteiger partial charge in [0.05, 0.1) is 18.0 Å². The van der Waals surface area contributed by atoms with Crippen molar-refractivity contribution in [1.29, 1.82) is 0 Å². The van der Waals surface area contributed by atoms with Crippen molar-refractivity contribution in [2.45, 2.75) is 168 Å². The molecule has 4 aliphatic heterocycles. The number of carbonyl (C=O) groups excluding carboxylic acids is 1. The molecule has 18 atom stereocenters. The van der Waals surface area contributed by atoms with Gasteiger partial charge in [0.1, 0.15) is 0 Å². The van der Waals surface area contributed by atoms with Crippen molar-refractivity contribution < 1.29 is 46.9 Å². The first-order valence-corrected chi connectivity index (χ1v) is 22.8. The summed E-state index contributed by atoms with van der Waals surface area (Å²) in [6, 6.07) is 0. The van der Waals surface area contributed by atoms with Gasteiger partial charge in [-0.15, -0.1) is 0 Å². The van der Waals surface area contributed by atoms with E-state index in [0.29, 0.717) is 53.8 Å². The molecule has 12 heteroatoms. The standard InChI is InChI=1S/C41H67NO10S/c1-23(8-12-34(44)42-19-20-53(45,46)47)28-10-11-31-35-32(14-17-39(28,31)5)38(4)16-13-27(21-26(38)22-33(35)43)48-36-25(3)30-9-7-24(2)29-15-18-40(6)50-37(49-36)41(29,30)52-51-40/h23-33,35-37,43H,7-22H2,1-6H3,(H,42,44)(H,45,46,47)/t23-,24-,25-,26?,27-,28-,29?,30?,31?,32?,33?,35?,36?,37?,38+,39-,40+,41-/m1/s1. The number of hydrogen-bond acceptors (Lipinski definition) is 9. The summed E-state index contributed by atoms with van der Waals surface area (Å²) >= 11 is 0. The second kappa shape index (κ2) is 13.9. The summed E-state index contributed by atoms with van der Waals surface area (Å²) in [5, 5.41) is 14.7. The monoisotopic (exact) mass is 765 g/mol. The lowest BCUT2D eigenvalue weighted by molar-refractivity contribution is -0.578. The van der Waals surface area contributed by atoms with Gasteiger partial charge < -0.3 is 24.6 Å².